The second kappa shape index (κ2) is 9.46. The molecule has 0 N–H and O–H groups in total. The quantitative estimate of drug-likeness (QED) is 0.503. The van der Waals surface area contributed by atoms with Crippen molar-refractivity contribution in [2.24, 2.45) is 0 Å². The van der Waals surface area contributed by atoms with Gasteiger partial charge in [-0.3, -0.25) is 4.79 Å². The lowest BCUT2D eigenvalue weighted by Crippen LogP contribution is -2.34. The molecule has 1 fully saturated rings. The van der Waals surface area contributed by atoms with Crippen molar-refractivity contribution in [1.29, 1.82) is 0 Å². The number of nitrogens with zero attached hydrogens (tertiary/aromatic N) is 2. The van der Waals surface area contributed by atoms with Gasteiger partial charge in [-0.1, -0.05) is 5.16 Å². The van der Waals surface area contributed by atoms with Crippen LogP contribution in [0.15, 0.2) is 47.0 Å². The molecule has 1 aliphatic rings. The van der Waals surface area contributed by atoms with E-state index in [1.54, 1.807) is 6.07 Å². The first-order valence-electron chi connectivity index (χ1n) is 9.66. The highest BCUT2D eigenvalue weighted by molar-refractivity contribution is 5.95. The van der Waals surface area contributed by atoms with Gasteiger partial charge in [0.05, 0.1) is 5.69 Å². The number of ketones is 1. The molecule has 0 radical (unpaired) electrons. The summed E-state index contributed by atoms with van der Waals surface area (Å²) >= 11 is 0. The molecule has 2 aromatic carbocycles. The number of halogens is 3. The topological polar surface area (TPSA) is 46.3 Å². The zero-order valence-corrected chi connectivity index (χ0v) is 16.8. The molecule has 2 heterocycles. The van der Waals surface area contributed by atoms with E-state index in [2.05, 4.69) is 10.1 Å². The first-order chi connectivity index (χ1) is 13.6. The molecule has 1 saturated heterocycles. The number of hydrogen-bond donors (Lipinski definition) is 0. The van der Waals surface area contributed by atoms with Crippen LogP contribution in [0.3, 0.4) is 0 Å². The van der Waals surface area contributed by atoms with Crippen LogP contribution in [-0.2, 0) is 0 Å². The average Bonchev–Trinajstić information content (AvgIpc) is 3.12. The lowest BCUT2D eigenvalue weighted by molar-refractivity contribution is 0.0972. The molecule has 1 aliphatic heterocycles. The van der Waals surface area contributed by atoms with Gasteiger partial charge in [0.15, 0.2) is 11.4 Å². The van der Waals surface area contributed by atoms with Gasteiger partial charge in [0.2, 0.25) is 0 Å². The van der Waals surface area contributed by atoms with Gasteiger partial charge >= 0.3 is 0 Å². The maximum Gasteiger partial charge on any atom is 0.170 e. The molecule has 0 saturated carbocycles. The van der Waals surface area contributed by atoms with Crippen LogP contribution in [0.2, 0.25) is 0 Å². The van der Waals surface area contributed by atoms with Crippen molar-refractivity contribution in [1.82, 2.24) is 10.1 Å². The number of likely N-dealkylation sites (tertiary alicyclic amines) is 1. The number of fused-ring (bicyclic) bond motifs is 1. The maximum atomic E-state index is 13.3. The average molecular weight is 421 g/mol. The molecule has 0 amide bonds. The SMILES string of the molecule is Cl.O=C(CCCN1CCC(c2noc3cc(F)ccc23)CC1)c1ccc(F)cc1. The molecular formula is C22H23ClF2N2O2. The number of carbonyl (C=O) groups excluding carboxylic acids is 1. The van der Waals surface area contributed by atoms with Gasteiger partial charge in [-0.2, -0.15) is 0 Å². The molecular weight excluding hydrogens is 398 g/mol. The Bertz CT molecular complexity index is 967. The van der Waals surface area contributed by atoms with Crippen LogP contribution in [0.25, 0.3) is 11.0 Å². The number of Topliss-reactive ketones (excluding diaryl/α,β-unsaturated/α-hetero) is 1. The van der Waals surface area contributed by atoms with Crippen LogP contribution >= 0.6 is 12.4 Å². The molecule has 154 valence electrons. The van der Waals surface area contributed by atoms with Crippen LogP contribution in [0.4, 0.5) is 8.78 Å². The van der Waals surface area contributed by atoms with Gasteiger partial charge in [0.1, 0.15) is 11.6 Å². The molecule has 29 heavy (non-hydrogen) atoms. The molecule has 1 aromatic heterocycles. The third-order valence-electron chi connectivity index (χ3n) is 5.48. The van der Waals surface area contributed by atoms with Crippen molar-refractivity contribution in [3.8, 4) is 0 Å². The monoisotopic (exact) mass is 420 g/mol. The summed E-state index contributed by atoms with van der Waals surface area (Å²) in [4.78, 5) is 14.5. The molecule has 3 aromatic rings. The summed E-state index contributed by atoms with van der Waals surface area (Å²) in [6.45, 7) is 2.74. The Balaban J connectivity index is 0.00000240. The number of rotatable bonds is 6. The van der Waals surface area contributed by atoms with E-state index >= 15 is 0 Å². The van der Waals surface area contributed by atoms with E-state index < -0.39 is 0 Å². The molecule has 0 atom stereocenters. The third kappa shape index (κ3) is 5.00. The van der Waals surface area contributed by atoms with Crippen molar-refractivity contribution < 1.29 is 18.1 Å². The number of piperidine rings is 1. The number of aromatic nitrogens is 1. The Kier molecular flexibility index (Phi) is 6.98. The zero-order valence-electron chi connectivity index (χ0n) is 15.9. The molecule has 0 spiro atoms. The minimum atomic E-state index is -0.329. The lowest BCUT2D eigenvalue weighted by atomic mass is 9.91. The maximum absolute atomic E-state index is 13.3. The standard InChI is InChI=1S/C22H22F2N2O2.ClH/c23-17-5-3-15(4-6-17)20(27)2-1-11-26-12-9-16(10-13-26)22-19-8-7-18(24)14-21(19)28-25-22;/h3-8,14,16H,1-2,9-13H2;1H. The zero-order chi connectivity index (χ0) is 19.5. The summed E-state index contributed by atoms with van der Waals surface area (Å²) in [5, 5.41) is 5.07. The van der Waals surface area contributed by atoms with Crippen LogP contribution < -0.4 is 0 Å². The van der Waals surface area contributed by atoms with Gasteiger partial charge in [0.25, 0.3) is 0 Å². The second-order valence-corrected chi connectivity index (χ2v) is 7.36. The van der Waals surface area contributed by atoms with Crippen molar-refractivity contribution >= 4 is 29.2 Å². The van der Waals surface area contributed by atoms with E-state index in [1.165, 1.54) is 36.4 Å². The van der Waals surface area contributed by atoms with Crippen LogP contribution in [0.1, 0.15) is 47.7 Å². The Morgan fingerprint density at radius 3 is 2.48 bits per heavy atom. The highest BCUT2D eigenvalue weighted by Crippen LogP contribution is 2.32. The summed E-state index contributed by atoms with van der Waals surface area (Å²) in [6, 6.07) is 10.3. The number of carbonyl (C=O) groups is 1. The van der Waals surface area contributed by atoms with E-state index in [1.807, 2.05) is 0 Å². The van der Waals surface area contributed by atoms with E-state index in [-0.39, 0.29) is 29.8 Å². The first kappa shape index (κ1) is 21.4. The third-order valence-corrected chi connectivity index (χ3v) is 5.48. The molecule has 0 bridgehead atoms. The first-order valence-corrected chi connectivity index (χ1v) is 9.66. The molecule has 4 rings (SSSR count). The predicted molar refractivity (Wildman–Crippen MR) is 110 cm³/mol. The van der Waals surface area contributed by atoms with Crippen molar-refractivity contribution in [3.63, 3.8) is 0 Å². The summed E-state index contributed by atoms with van der Waals surface area (Å²) in [6.07, 6.45) is 3.17. The number of benzene rings is 2. The van der Waals surface area contributed by atoms with E-state index in [9.17, 15) is 13.6 Å². The normalized spacial score (nSPS) is 15.4. The highest BCUT2D eigenvalue weighted by atomic mass is 35.5. The molecule has 4 nitrogen and oxygen atoms in total. The van der Waals surface area contributed by atoms with Crippen molar-refractivity contribution in [2.45, 2.75) is 31.6 Å². The second-order valence-electron chi connectivity index (χ2n) is 7.36. The fourth-order valence-electron chi connectivity index (χ4n) is 3.90. The Labute approximate surface area is 174 Å². The van der Waals surface area contributed by atoms with Gasteiger partial charge in [0, 0.05) is 29.4 Å². The van der Waals surface area contributed by atoms with E-state index in [0.717, 1.165) is 50.0 Å². The summed E-state index contributed by atoms with van der Waals surface area (Å²) in [5.74, 6) is -0.287. The Morgan fingerprint density at radius 1 is 1.07 bits per heavy atom. The summed E-state index contributed by atoms with van der Waals surface area (Å²) in [7, 11) is 0. The molecule has 0 unspecified atom stereocenters. The Hall–Kier alpha value is -2.31. The minimum Gasteiger partial charge on any atom is -0.356 e. The van der Waals surface area contributed by atoms with Crippen LogP contribution in [0, 0.1) is 11.6 Å². The van der Waals surface area contributed by atoms with Crippen LogP contribution in [-0.4, -0.2) is 35.5 Å². The Morgan fingerprint density at radius 2 is 1.76 bits per heavy atom. The minimum absolute atomic E-state index is 0. The van der Waals surface area contributed by atoms with E-state index in [4.69, 9.17) is 4.52 Å². The fraction of sp³-hybridized carbons (Fsp3) is 0.364. The van der Waals surface area contributed by atoms with Crippen molar-refractivity contribution in [3.05, 3.63) is 65.4 Å². The van der Waals surface area contributed by atoms with Gasteiger partial charge in [-0.25, -0.2) is 8.78 Å². The molecule has 7 heteroatoms. The predicted octanol–water partition coefficient (Wildman–Crippen LogP) is 5.37. The summed E-state index contributed by atoms with van der Waals surface area (Å²) in [5.41, 5.74) is 1.98. The number of hydrogen-bond acceptors (Lipinski definition) is 4. The van der Waals surface area contributed by atoms with Crippen molar-refractivity contribution in [2.75, 3.05) is 19.6 Å². The van der Waals surface area contributed by atoms with Crippen LogP contribution in [0.5, 0.6) is 0 Å². The van der Waals surface area contributed by atoms with Gasteiger partial charge < -0.3 is 9.42 Å². The largest absolute Gasteiger partial charge is 0.356 e. The lowest BCUT2D eigenvalue weighted by Gasteiger charge is -2.31. The highest BCUT2D eigenvalue weighted by Gasteiger charge is 2.25. The summed E-state index contributed by atoms with van der Waals surface area (Å²) < 4.78 is 31.5. The van der Waals surface area contributed by atoms with Gasteiger partial charge in [-0.15, -0.1) is 12.4 Å². The fourth-order valence-corrected chi connectivity index (χ4v) is 3.90. The smallest absolute Gasteiger partial charge is 0.170 e. The molecule has 0 aliphatic carbocycles. The van der Waals surface area contributed by atoms with E-state index in [0.29, 0.717) is 23.5 Å². The van der Waals surface area contributed by atoms with Gasteiger partial charge in [-0.05, 0) is 75.3 Å².